The van der Waals surface area contributed by atoms with Crippen LogP contribution in [0.15, 0.2) is 24.5 Å². The molecule has 1 aliphatic rings. The van der Waals surface area contributed by atoms with Crippen molar-refractivity contribution in [2.24, 2.45) is 0 Å². The fraction of sp³-hybridized carbons (Fsp3) is 0.333. The Balaban J connectivity index is 1.77. The molecule has 0 radical (unpaired) electrons. The fourth-order valence-corrected chi connectivity index (χ4v) is 2.94. The molecule has 3 rings (SSSR count). The van der Waals surface area contributed by atoms with E-state index in [2.05, 4.69) is 15.3 Å². The first-order valence-corrected chi connectivity index (χ1v) is 7.52. The Kier molecular flexibility index (Phi) is 4.29. The van der Waals surface area contributed by atoms with Gasteiger partial charge in [0.2, 0.25) is 0 Å². The normalized spacial score (nSPS) is 17.2. The Morgan fingerprint density at radius 1 is 1.29 bits per heavy atom. The van der Waals surface area contributed by atoms with Crippen molar-refractivity contribution in [2.45, 2.75) is 25.9 Å². The number of nitrogens with zero attached hydrogens (tertiary/aromatic N) is 2. The van der Waals surface area contributed by atoms with Crippen LogP contribution in [0.2, 0.25) is 10.0 Å². The van der Waals surface area contributed by atoms with Crippen molar-refractivity contribution in [1.29, 1.82) is 0 Å². The smallest absolute Gasteiger partial charge is 0.142 e. The molecule has 6 heteroatoms. The third-order valence-electron chi connectivity index (χ3n) is 3.43. The highest BCUT2D eigenvalue weighted by atomic mass is 35.5. The van der Waals surface area contributed by atoms with Gasteiger partial charge in [-0.15, -0.1) is 0 Å². The van der Waals surface area contributed by atoms with Crippen LogP contribution in [0.1, 0.15) is 29.4 Å². The summed E-state index contributed by atoms with van der Waals surface area (Å²) in [5.74, 6) is 0.722. The monoisotopic (exact) mass is 323 g/mol. The zero-order valence-corrected chi connectivity index (χ0v) is 13.1. The second-order valence-electron chi connectivity index (χ2n) is 5.03. The van der Waals surface area contributed by atoms with Crippen LogP contribution in [-0.4, -0.2) is 16.6 Å². The van der Waals surface area contributed by atoms with Gasteiger partial charge < -0.3 is 10.1 Å². The van der Waals surface area contributed by atoms with Gasteiger partial charge >= 0.3 is 0 Å². The lowest BCUT2D eigenvalue weighted by Gasteiger charge is -2.27. The topological polar surface area (TPSA) is 47.0 Å². The molecule has 1 N–H and O–H groups in total. The summed E-state index contributed by atoms with van der Waals surface area (Å²) in [6, 6.07) is 3.75. The minimum absolute atomic E-state index is 0.146. The van der Waals surface area contributed by atoms with Crippen LogP contribution in [0.4, 0.5) is 0 Å². The third kappa shape index (κ3) is 3.28. The molecule has 0 bridgehead atoms. The summed E-state index contributed by atoms with van der Waals surface area (Å²) in [5.41, 5.74) is 2.81. The molecule has 0 aliphatic carbocycles. The van der Waals surface area contributed by atoms with Gasteiger partial charge in [-0.1, -0.05) is 23.2 Å². The van der Waals surface area contributed by atoms with Gasteiger partial charge in [0.1, 0.15) is 5.75 Å². The lowest BCUT2D eigenvalue weighted by Crippen LogP contribution is -2.27. The Hall–Kier alpha value is -1.36. The van der Waals surface area contributed by atoms with Crippen LogP contribution < -0.4 is 10.1 Å². The first-order valence-electron chi connectivity index (χ1n) is 6.76. The molecule has 2 aromatic rings. The number of benzene rings is 1. The van der Waals surface area contributed by atoms with E-state index in [0.29, 0.717) is 23.2 Å². The van der Waals surface area contributed by atoms with E-state index in [1.807, 2.05) is 13.0 Å². The predicted octanol–water partition coefficient (Wildman–Crippen LogP) is 3.71. The van der Waals surface area contributed by atoms with Crippen LogP contribution in [0.5, 0.6) is 5.75 Å². The van der Waals surface area contributed by atoms with E-state index in [4.69, 9.17) is 27.9 Å². The van der Waals surface area contributed by atoms with E-state index >= 15 is 0 Å². The molecule has 0 amide bonds. The van der Waals surface area contributed by atoms with E-state index in [1.54, 1.807) is 18.5 Å². The summed E-state index contributed by atoms with van der Waals surface area (Å²) in [6.45, 7) is 3.19. The maximum Gasteiger partial charge on any atom is 0.142 e. The largest absolute Gasteiger partial charge is 0.492 e. The number of aromatic nitrogens is 2. The van der Waals surface area contributed by atoms with Gasteiger partial charge in [-0.25, -0.2) is 0 Å². The number of halogens is 2. The van der Waals surface area contributed by atoms with Crippen molar-refractivity contribution in [3.63, 3.8) is 0 Å². The maximum atomic E-state index is 6.19. The Labute approximate surface area is 133 Å². The quantitative estimate of drug-likeness (QED) is 0.935. The zero-order chi connectivity index (χ0) is 14.8. The molecule has 0 spiro atoms. The number of hydrogen-bond acceptors (Lipinski definition) is 4. The Morgan fingerprint density at radius 2 is 2.14 bits per heavy atom. The molecule has 4 nitrogen and oxygen atoms in total. The summed E-state index contributed by atoms with van der Waals surface area (Å²) in [7, 11) is 0. The van der Waals surface area contributed by atoms with E-state index < -0.39 is 0 Å². The highest BCUT2D eigenvalue weighted by molar-refractivity contribution is 6.35. The molecule has 1 aliphatic heterocycles. The molecule has 0 saturated heterocycles. The van der Waals surface area contributed by atoms with Gasteiger partial charge in [0, 0.05) is 42.0 Å². The zero-order valence-electron chi connectivity index (χ0n) is 11.6. The van der Waals surface area contributed by atoms with Crippen LogP contribution >= 0.6 is 23.2 Å². The Bertz CT molecular complexity index is 646. The molecule has 1 unspecified atom stereocenters. The number of aryl methyl sites for hydroxylation is 1. The van der Waals surface area contributed by atoms with Gasteiger partial charge in [-0.05, 0) is 19.1 Å². The minimum Gasteiger partial charge on any atom is -0.492 e. The third-order valence-corrected chi connectivity index (χ3v) is 3.93. The highest BCUT2D eigenvalue weighted by Crippen LogP contribution is 2.39. The van der Waals surface area contributed by atoms with Crippen LogP contribution in [-0.2, 0) is 6.54 Å². The summed E-state index contributed by atoms with van der Waals surface area (Å²) in [5, 5.41) is 4.64. The average Bonchev–Trinajstić information content (AvgIpc) is 2.47. The van der Waals surface area contributed by atoms with Crippen LogP contribution in [0, 0.1) is 6.92 Å². The molecule has 0 fully saturated rings. The molecular weight excluding hydrogens is 309 g/mol. The second kappa shape index (κ2) is 6.18. The molecule has 21 heavy (non-hydrogen) atoms. The van der Waals surface area contributed by atoms with Crippen molar-refractivity contribution in [3.05, 3.63) is 51.5 Å². The summed E-state index contributed by atoms with van der Waals surface area (Å²) in [4.78, 5) is 8.59. The molecule has 110 valence electrons. The number of rotatable bonds is 3. The van der Waals surface area contributed by atoms with Crippen molar-refractivity contribution < 1.29 is 4.74 Å². The summed E-state index contributed by atoms with van der Waals surface area (Å²) < 4.78 is 5.65. The van der Waals surface area contributed by atoms with E-state index in [1.165, 1.54) is 0 Å². The van der Waals surface area contributed by atoms with Crippen LogP contribution in [0.25, 0.3) is 0 Å². The van der Waals surface area contributed by atoms with Gasteiger partial charge in [0.15, 0.2) is 0 Å². The standard InChI is InChI=1S/C15H15Cl2N3O/c1-9-6-19-11(7-18-9)8-20-14-2-3-21-15-12(14)4-10(16)5-13(15)17/h4-7,14,20H,2-3,8H2,1H3. The fourth-order valence-electron chi connectivity index (χ4n) is 2.38. The number of nitrogens with one attached hydrogen (secondary N) is 1. The van der Waals surface area contributed by atoms with Gasteiger partial charge in [0.05, 0.1) is 23.0 Å². The molecule has 1 atom stereocenters. The summed E-state index contributed by atoms with van der Waals surface area (Å²) >= 11 is 12.3. The number of ether oxygens (including phenoxy) is 1. The van der Waals surface area contributed by atoms with Crippen molar-refractivity contribution in [3.8, 4) is 5.75 Å². The van der Waals surface area contributed by atoms with Crippen molar-refractivity contribution in [2.75, 3.05) is 6.61 Å². The molecule has 1 aromatic carbocycles. The molecule has 1 aromatic heterocycles. The predicted molar refractivity (Wildman–Crippen MR) is 82.9 cm³/mol. The van der Waals surface area contributed by atoms with Crippen molar-refractivity contribution in [1.82, 2.24) is 15.3 Å². The van der Waals surface area contributed by atoms with E-state index in [-0.39, 0.29) is 6.04 Å². The molecular formula is C15H15Cl2N3O. The SMILES string of the molecule is Cc1cnc(CNC2CCOc3c(Cl)cc(Cl)cc32)cn1. The highest BCUT2D eigenvalue weighted by Gasteiger charge is 2.24. The number of fused-ring (bicyclic) bond motifs is 1. The minimum atomic E-state index is 0.146. The molecule has 2 heterocycles. The van der Waals surface area contributed by atoms with E-state index in [9.17, 15) is 0 Å². The first-order chi connectivity index (χ1) is 10.1. The molecule has 0 saturated carbocycles. The van der Waals surface area contributed by atoms with E-state index in [0.717, 1.165) is 29.1 Å². The van der Waals surface area contributed by atoms with Gasteiger partial charge in [-0.2, -0.15) is 0 Å². The average molecular weight is 324 g/mol. The van der Waals surface area contributed by atoms with Gasteiger partial charge in [-0.3, -0.25) is 9.97 Å². The first kappa shape index (κ1) is 14.6. The maximum absolute atomic E-state index is 6.19. The Morgan fingerprint density at radius 3 is 2.90 bits per heavy atom. The second-order valence-corrected chi connectivity index (χ2v) is 5.87. The lowest BCUT2D eigenvalue weighted by molar-refractivity contribution is 0.252. The number of hydrogen-bond donors (Lipinski definition) is 1. The van der Waals surface area contributed by atoms with Crippen LogP contribution in [0.3, 0.4) is 0 Å². The van der Waals surface area contributed by atoms with Gasteiger partial charge in [0.25, 0.3) is 0 Å². The van der Waals surface area contributed by atoms with Crippen molar-refractivity contribution >= 4 is 23.2 Å². The summed E-state index contributed by atoms with van der Waals surface area (Å²) in [6.07, 6.45) is 4.42. The lowest BCUT2D eigenvalue weighted by atomic mass is 10.0.